The van der Waals surface area contributed by atoms with Crippen LogP contribution in [0.2, 0.25) is 0 Å². The van der Waals surface area contributed by atoms with Gasteiger partial charge in [-0.25, -0.2) is 9.97 Å². The van der Waals surface area contributed by atoms with Crippen LogP contribution < -0.4 is 4.90 Å². The largest absolute Gasteiger partial charge is 0.352 e. The van der Waals surface area contributed by atoms with Crippen molar-refractivity contribution in [2.45, 2.75) is 6.92 Å². The molecule has 0 spiro atoms. The molecular formula is C16H19N5. The Bertz CT molecular complexity index is 771. The van der Waals surface area contributed by atoms with Crippen LogP contribution in [0.25, 0.3) is 21.9 Å². The highest BCUT2D eigenvalue weighted by atomic mass is 15.3. The van der Waals surface area contributed by atoms with Crippen molar-refractivity contribution in [1.29, 1.82) is 0 Å². The van der Waals surface area contributed by atoms with Crippen LogP contribution in [0, 0.1) is 0 Å². The minimum Gasteiger partial charge on any atom is -0.352 e. The molecule has 1 saturated heterocycles. The number of benzene rings is 1. The van der Waals surface area contributed by atoms with Crippen molar-refractivity contribution in [3.63, 3.8) is 0 Å². The normalized spacial score (nSPS) is 16.9. The topological polar surface area (TPSA) is 48.1 Å². The molecule has 1 N–H and O–H groups in total. The van der Waals surface area contributed by atoms with E-state index in [-0.39, 0.29) is 0 Å². The number of nitrogens with zero attached hydrogens (tertiary/aromatic N) is 4. The van der Waals surface area contributed by atoms with Gasteiger partial charge in [0, 0.05) is 37.1 Å². The number of likely N-dealkylation sites (N-methyl/N-ethyl adjacent to an activating group) is 1. The molecular weight excluding hydrogens is 262 g/mol. The zero-order chi connectivity index (χ0) is 14.2. The van der Waals surface area contributed by atoms with Gasteiger partial charge in [-0.3, -0.25) is 0 Å². The van der Waals surface area contributed by atoms with Crippen molar-refractivity contribution in [1.82, 2.24) is 19.9 Å². The molecule has 0 bridgehead atoms. The molecule has 0 radical (unpaired) electrons. The first-order valence-corrected chi connectivity index (χ1v) is 7.55. The molecule has 4 rings (SSSR count). The predicted molar refractivity (Wildman–Crippen MR) is 85.7 cm³/mol. The van der Waals surface area contributed by atoms with Gasteiger partial charge >= 0.3 is 0 Å². The molecule has 5 nitrogen and oxygen atoms in total. The minimum atomic E-state index is 1.02. The summed E-state index contributed by atoms with van der Waals surface area (Å²) in [5.41, 5.74) is 3.21. The molecule has 0 amide bonds. The van der Waals surface area contributed by atoms with Crippen molar-refractivity contribution >= 4 is 27.8 Å². The average Bonchev–Trinajstić information content (AvgIpc) is 2.94. The molecule has 0 saturated carbocycles. The van der Waals surface area contributed by atoms with Crippen molar-refractivity contribution in [3.8, 4) is 0 Å². The number of hydrogen-bond acceptors (Lipinski definition) is 4. The fourth-order valence-corrected chi connectivity index (χ4v) is 3.14. The number of aromatic nitrogens is 3. The van der Waals surface area contributed by atoms with Crippen LogP contribution in [-0.2, 0) is 0 Å². The zero-order valence-corrected chi connectivity index (χ0v) is 12.2. The average molecular weight is 281 g/mol. The lowest BCUT2D eigenvalue weighted by Crippen LogP contribution is -2.46. The summed E-state index contributed by atoms with van der Waals surface area (Å²) in [6, 6.07) is 8.30. The second-order valence-corrected chi connectivity index (χ2v) is 5.51. The van der Waals surface area contributed by atoms with E-state index in [1.807, 2.05) is 6.07 Å². The highest BCUT2D eigenvalue weighted by molar-refractivity contribution is 6.08. The van der Waals surface area contributed by atoms with E-state index in [1.54, 1.807) is 6.33 Å². The van der Waals surface area contributed by atoms with Crippen LogP contribution in [0.5, 0.6) is 0 Å². The molecule has 0 aliphatic carbocycles. The second kappa shape index (κ2) is 5.00. The molecule has 1 aromatic carbocycles. The van der Waals surface area contributed by atoms with Crippen LogP contribution in [0.1, 0.15) is 6.92 Å². The summed E-state index contributed by atoms with van der Waals surface area (Å²) < 4.78 is 0. The number of fused-ring (bicyclic) bond motifs is 3. The van der Waals surface area contributed by atoms with Gasteiger partial charge in [0.2, 0.25) is 0 Å². The summed E-state index contributed by atoms with van der Waals surface area (Å²) in [6.07, 6.45) is 1.68. The van der Waals surface area contributed by atoms with Crippen LogP contribution >= 0.6 is 0 Å². The van der Waals surface area contributed by atoms with Crippen LogP contribution in [0.4, 0.5) is 5.82 Å². The smallest absolute Gasteiger partial charge is 0.156 e. The molecule has 1 fully saturated rings. The number of para-hydroxylation sites is 1. The van der Waals surface area contributed by atoms with Gasteiger partial charge in [0.05, 0.1) is 0 Å². The monoisotopic (exact) mass is 281 g/mol. The van der Waals surface area contributed by atoms with Gasteiger partial charge in [-0.1, -0.05) is 25.1 Å². The molecule has 5 heteroatoms. The summed E-state index contributed by atoms with van der Waals surface area (Å²) in [6.45, 7) is 7.59. The molecule has 0 atom stereocenters. The van der Waals surface area contributed by atoms with Crippen LogP contribution in [0.15, 0.2) is 30.6 Å². The Kier molecular flexibility index (Phi) is 3.00. The Morgan fingerprint density at radius 2 is 1.90 bits per heavy atom. The molecule has 1 aliphatic rings. The van der Waals surface area contributed by atoms with E-state index in [2.05, 4.69) is 49.9 Å². The fraction of sp³-hybridized carbons (Fsp3) is 0.375. The Morgan fingerprint density at radius 1 is 1.10 bits per heavy atom. The van der Waals surface area contributed by atoms with Gasteiger partial charge in [-0.15, -0.1) is 0 Å². The lowest BCUT2D eigenvalue weighted by molar-refractivity contribution is 0.270. The summed E-state index contributed by atoms with van der Waals surface area (Å²) in [7, 11) is 0. The van der Waals surface area contributed by atoms with Crippen molar-refractivity contribution in [3.05, 3.63) is 30.6 Å². The van der Waals surface area contributed by atoms with Crippen LogP contribution in [0.3, 0.4) is 0 Å². The highest BCUT2D eigenvalue weighted by Gasteiger charge is 2.20. The Morgan fingerprint density at radius 3 is 2.71 bits per heavy atom. The van der Waals surface area contributed by atoms with Crippen molar-refractivity contribution < 1.29 is 0 Å². The van der Waals surface area contributed by atoms with Crippen molar-refractivity contribution in [2.75, 3.05) is 37.6 Å². The molecule has 3 aromatic rings. The third-order valence-electron chi connectivity index (χ3n) is 4.39. The number of aromatic amines is 1. The number of hydrogen-bond donors (Lipinski definition) is 1. The SMILES string of the molecule is CCN1CCN(c2ncnc3c2[nH]c2ccccc23)CC1. The number of piperazine rings is 1. The number of rotatable bonds is 2. The molecule has 1 aliphatic heterocycles. The fourth-order valence-electron chi connectivity index (χ4n) is 3.14. The predicted octanol–water partition coefficient (Wildman–Crippen LogP) is 2.25. The first kappa shape index (κ1) is 12.6. The zero-order valence-electron chi connectivity index (χ0n) is 12.2. The number of anilines is 1. The van der Waals surface area contributed by atoms with Crippen LogP contribution in [-0.4, -0.2) is 52.6 Å². The quantitative estimate of drug-likeness (QED) is 0.782. The molecule has 21 heavy (non-hydrogen) atoms. The van der Waals surface area contributed by atoms with E-state index in [0.29, 0.717) is 0 Å². The summed E-state index contributed by atoms with van der Waals surface area (Å²) in [5.74, 6) is 1.03. The van der Waals surface area contributed by atoms with E-state index in [1.165, 1.54) is 5.39 Å². The molecule has 3 heterocycles. The highest BCUT2D eigenvalue weighted by Crippen LogP contribution is 2.29. The number of nitrogens with one attached hydrogen (secondary N) is 1. The maximum Gasteiger partial charge on any atom is 0.156 e. The molecule has 108 valence electrons. The Hall–Kier alpha value is -2.14. The van der Waals surface area contributed by atoms with Gasteiger partial charge in [-0.05, 0) is 12.6 Å². The van der Waals surface area contributed by atoms with E-state index >= 15 is 0 Å². The van der Waals surface area contributed by atoms with Crippen molar-refractivity contribution in [2.24, 2.45) is 0 Å². The van der Waals surface area contributed by atoms with Gasteiger partial charge in [-0.2, -0.15) is 0 Å². The van der Waals surface area contributed by atoms with Gasteiger partial charge in [0.1, 0.15) is 17.4 Å². The Balaban J connectivity index is 1.79. The molecule has 0 unspecified atom stereocenters. The third kappa shape index (κ3) is 2.05. The van der Waals surface area contributed by atoms with Gasteiger partial charge < -0.3 is 14.8 Å². The number of H-pyrrole nitrogens is 1. The first-order chi connectivity index (χ1) is 10.4. The third-order valence-corrected chi connectivity index (χ3v) is 4.39. The standard InChI is InChI=1S/C16H19N5/c1-2-20-7-9-21(10-8-20)16-15-14(17-11-18-16)12-5-3-4-6-13(12)19-15/h3-6,11,19H,2,7-10H2,1H3. The lowest BCUT2D eigenvalue weighted by atomic mass is 10.2. The first-order valence-electron chi connectivity index (χ1n) is 7.55. The summed E-state index contributed by atoms with van der Waals surface area (Å²) in [4.78, 5) is 17.3. The van der Waals surface area contributed by atoms with Gasteiger partial charge in [0.15, 0.2) is 5.82 Å². The summed E-state index contributed by atoms with van der Waals surface area (Å²) in [5, 5.41) is 1.17. The van der Waals surface area contributed by atoms with E-state index in [4.69, 9.17) is 0 Å². The second-order valence-electron chi connectivity index (χ2n) is 5.51. The Labute approximate surface area is 123 Å². The molecule has 2 aromatic heterocycles. The summed E-state index contributed by atoms with van der Waals surface area (Å²) >= 11 is 0. The maximum atomic E-state index is 4.54. The van der Waals surface area contributed by atoms with E-state index in [9.17, 15) is 0 Å². The van der Waals surface area contributed by atoms with E-state index in [0.717, 1.165) is 55.1 Å². The lowest BCUT2D eigenvalue weighted by Gasteiger charge is -2.34. The van der Waals surface area contributed by atoms with Gasteiger partial charge in [0.25, 0.3) is 0 Å². The maximum absolute atomic E-state index is 4.54. The minimum absolute atomic E-state index is 1.02. The van der Waals surface area contributed by atoms with E-state index < -0.39 is 0 Å².